The van der Waals surface area contributed by atoms with Gasteiger partial charge in [0.15, 0.2) is 0 Å². The highest BCUT2D eigenvalue weighted by molar-refractivity contribution is 5.90. The van der Waals surface area contributed by atoms with Crippen molar-refractivity contribution in [3.63, 3.8) is 0 Å². The molecule has 0 aliphatic rings. The number of fused-ring (bicyclic) bond motifs is 1. The van der Waals surface area contributed by atoms with Gasteiger partial charge in [-0.15, -0.1) is 0 Å². The highest BCUT2D eigenvalue weighted by Crippen LogP contribution is 2.29. The summed E-state index contributed by atoms with van der Waals surface area (Å²) in [5.74, 6) is 1.62. The van der Waals surface area contributed by atoms with E-state index < -0.39 is 0 Å². The summed E-state index contributed by atoms with van der Waals surface area (Å²) in [4.78, 5) is 7.97. The van der Waals surface area contributed by atoms with E-state index in [-0.39, 0.29) is 0 Å². The van der Waals surface area contributed by atoms with Crippen LogP contribution in [0.1, 0.15) is 61.2 Å². The summed E-state index contributed by atoms with van der Waals surface area (Å²) >= 11 is 0. The second-order valence-electron chi connectivity index (χ2n) is 9.14. The summed E-state index contributed by atoms with van der Waals surface area (Å²) in [5.41, 5.74) is 17.2. The molecule has 0 atom stereocenters. The number of H-pyrrole nitrogens is 1. The third-order valence-corrected chi connectivity index (χ3v) is 6.64. The molecular formula is C32H44N4O. The number of nitrogens with one attached hydrogen (secondary N) is 2. The van der Waals surface area contributed by atoms with Gasteiger partial charge in [0.2, 0.25) is 0 Å². The van der Waals surface area contributed by atoms with Gasteiger partial charge in [0.25, 0.3) is 0 Å². The second-order valence-corrected chi connectivity index (χ2v) is 9.14. The van der Waals surface area contributed by atoms with Gasteiger partial charge < -0.3 is 20.8 Å². The number of aliphatic imine (C=N–C) groups is 1. The largest absolute Gasteiger partial charge is 0.496 e. The molecule has 0 aliphatic heterocycles. The maximum Gasteiger partial charge on any atom is 0.131 e. The van der Waals surface area contributed by atoms with Gasteiger partial charge in [-0.05, 0) is 105 Å². The van der Waals surface area contributed by atoms with Crippen molar-refractivity contribution < 1.29 is 4.74 Å². The smallest absolute Gasteiger partial charge is 0.131 e. The first-order valence-electron chi connectivity index (χ1n) is 13.0. The molecule has 1 heterocycles. The van der Waals surface area contributed by atoms with E-state index in [0.29, 0.717) is 0 Å². The molecule has 198 valence electrons. The van der Waals surface area contributed by atoms with E-state index in [0.717, 1.165) is 52.4 Å². The molecule has 0 radical (unpaired) electrons. The van der Waals surface area contributed by atoms with Crippen LogP contribution < -0.4 is 15.8 Å². The molecule has 0 saturated carbocycles. The predicted octanol–water partition coefficient (Wildman–Crippen LogP) is 7.45. The number of hydrogen-bond acceptors (Lipinski definition) is 3. The Balaban J connectivity index is 0.00000235. The van der Waals surface area contributed by atoms with Crippen molar-refractivity contribution in [3.05, 3.63) is 93.5 Å². The van der Waals surface area contributed by atoms with Crippen LogP contribution in [0.3, 0.4) is 0 Å². The monoisotopic (exact) mass is 500 g/mol. The molecule has 0 saturated heterocycles. The first kappa shape index (κ1) is 29.5. The molecule has 5 nitrogen and oxygen atoms in total. The van der Waals surface area contributed by atoms with Crippen LogP contribution >= 0.6 is 0 Å². The Hall–Kier alpha value is -3.73. The first-order chi connectivity index (χ1) is 17.7. The lowest BCUT2D eigenvalue weighted by Gasteiger charge is -2.13. The number of nitrogens with zero attached hydrogens (tertiary/aromatic N) is 1. The van der Waals surface area contributed by atoms with E-state index in [1.54, 1.807) is 7.11 Å². The zero-order valence-corrected chi connectivity index (χ0v) is 24.1. The zero-order chi connectivity index (χ0) is 27.7. The molecule has 2 aromatic carbocycles. The van der Waals surface area contributed by atoms with Gasteiger partial charge >= 0.3 is 0 Å². The maximum atomic E-state index is 5.68. The van der Waals surface area contributed by atoms with Crippen molar-refractivity contribution in [1.29, 1.82) is 0 Å². The number of nitrogens with two attached hydrogens (primary N) is 1. The number of rotatable bonds is 9. The number of ether oxygens (including phenoxy) is 1. The summed E-state index contributed by atoms with van der Waals surface area (Å²) in [6.07, 6.45) is 4.28. The van der Waals surface area contributed by atoms with Crippen LogP contribution in [0.2, 0.25) is 0 Å². The molecule has 1 aromatic heterocycles. The fraction of sp³-hybridized carbons (Fsp3) is 0.344. The lowest BCUT2D eigenvalue weighted by Crippen LogP contribution is -2.18. The van der Waals surface area contributed by atoms with Crippen LogP contribution in [0.15, 0.2) is 64.9 Å². The Morgan fingerprint density at radius 1 is 1.05 bits per heavy atom. The van der Waals surface area contributed by atoms with E-state index in [4.69, 9.17) is 10.5 Å². The van der Waals surface area contributed by atoms with Gasteiger partial charge in [0.1, 0.15) is 11.6 Å². The maximum absolute atomic E-state index is 5.68. The van der Waals surface area contributed by atoms with E-state index in [2.05, 4.69) is 79.9 Å². The third kappa shape index (κ3) is 6.94. The minimum Gasteiger partial charge on any atom is -0.496 e. The zero-order valence-electron chi connectivity index (χ0n) is 24.1. The summed E-state index contributed by atoms with van der Waals surface area (Å²) in [6.45, 7) is 21.6. The van der Waals surface area contributed by atoms with Crippen molar-refractivity contribution in [2.45, 2.75) is 61.8 Å². The first-order valence-corrected chi connectivity index (χ1v) is 13.0. The molecule has 0 amide bonds. The topological polar surface area (TPSA) is 75.4 Å². The quantitative estimate of drug-likeness (QED) is 0.162. The van der Waals surface area contributed by atoms with Crippen LogP contribution in [0.4, 0.5) is 0 Å². The van der Waals surface area contributed by atoms with E-state index in [9.17, 15) is 0 Å². The molecule has 0 bridgehead atoms. The number of aromatic amines is 1. The number of benzene rings is 2. The van der Waals surface area contributed by atoms with Gasteiger partial charge in [-0.1, -0.05) is 44.7 Å². The van der Waals surface area contributed by atoms with Gasteiger partial charge in [-0.3, -0.25) is 0 Å². The Labute approximate surface area is 223 Å². The fourth-order valence-corrected chi connectivity index (χ4v) is 4.51. The van der Waals surface area contributed by atoms with E-state index in [1.165, 1.54) is 39.6 Å². The molecule has 3 rings (SSSR count). The van der Waals surface area contributed by atoms with Crippen molar-refractivity contribution in [3.8, 4) is 5.75 Å². The molecule has 5 heteroatoms. The second kappa shape index (κ2) is 13.5. The van der Waals surface area contributed by atoms with Crippen LogP contribution in [0, 0.1) is 27.7 Å². The van der Waals surface area contributed by atoms with Gasteiger partial charge in [-0.25, -0.2) is 4.99 Å². The van der Waals surface area contributed by atoms with Gasteiger partial charge in [0.05, 0.1) is 13.4 Å². The third-order valence-electron chi connectivity index (χ3n) is 6.64. The highest BCUT2D eigenvalue weighted by Gasteiger charge is 2.13. The Bertz CT molecular complexity index is 1340. The summed E-state index contributed by atoms with van der Waals surface area (Å²) in [7, 11) is 1.69. The Morgan fingerprint density at radius 3 is 2.35 bits per heavy atom. The van der Waals surface area contributed by atoms with Crippen LogP contribution in [0.25, 0.3) is 16.5 Å². The number of methoxy groups -OCH3 is 1. The SMILES string of the molecule is C=C(/C=C(\C)c1ccc(OC)c(C)c1)/C(C)=C(\N=C/N)NCCc1c(C)[nH]c2c(C)ccc(C)c12.CC. The highest BCUT2D eigenvalue weighted by atomic mass is 16.5. The minimum atomic E-state index is 0.734. The number of hydrogen-bond donors (Lipinski definition) is 3. The van der Waals surface area contributed by atoms with Gasteiger partial charge in [-0.2, -0.15) is 0 Å². The van der Waals surface area contributed by atoms with Crippen LogP contribution in [-0.4, -0.2) is 25.0 Å². The normalized spacial score (nSPS) is 12.3. The Kier molecular flexibility index (Phi) is 10.8. The molecule has 0 spiro atoms. The lowest BCUT2D eigenvalue weighted by atomic mass is 9.99. The number of aryl methyl sites for hydroxylation is 4. The fourth-order valence-electron chi connectivity index (χ4n) is 4.51. The average molecular weight is 501 g/mol. The van der Waals surface area contributed by atoms with Crippen molar-refractivity contribution in [2.75, 3.05) is 13.7 Å². The van der Waals surface area contributed by atoms with Crippen LogP contribution in [0.5, 0.6) is 5.75 Å². The minimum absolute atomic E-state index is 0.734. The summed E-state index contributed by atoms with van der Waals surface area (Å²) < 4.78 is 5.38. The van der Waals surface area contributed by atoms with Gasteiger partial charge in [0, 0.05) is 23.1 Å². The summed E-state index contributed by atoms with van der Waals surface area (Å²) in [5, 5.41) is 4.81. The number of allylic oxidation sites excluding steroid dienone is 4. The molecule has 4 N–H and O–H groups in total. The van der Waals surface area contributed by atoms with Crippen molar-refractivity contribution >= 4 is 22.8 Å². The lowest BCUT2D eigenvalue weighted by molar-refractivity contribution is 0.411. The molecule has 3 aromatic rings. The molecule has 37 heavy (non-hydrogen) atoms. The van der Waals surface area contributed by atoms with E-state index in [1.807, 2.05) is 33.8 Å². The average Bonchev–Trinajstić information content (AvgIpc) is 3.23. The predicted molar refractivity (Wildman–Crippen MR) is 161 cm³/mol. The molecular weight excluding hydrogens is 456 g/mol. The summed E-state index contributed by atoms with van der Waals surface area (Å²) in [6, 6.07) is 10.5. The Morgan fingerprint density at radius 2 is 1.73 bits per heavy atom. The standard InChI is InChI=1S/C30H38N4O.C2H6/c1-18-9-10-19(2)29-28(18)26(24(7)34-29)13-14-32-30(33-17-31)23(6)20(3)15-21(4)25-11-12-27(35-8)22(5)16-25;1-2/h9-12,15-17,32,34H,3,13-14H2,1-2,4-8H3,(H2,31,33);1-2H3/b21-15+,30-23-;. The number of aromatic nitrogens is 1. The van der Waals surface area contributed by atoms with Crippen molar-refractivity contribution in [1.82, 2.24) is 10.3 Å². The van der Waals surface area contributed by atoms with Crippen molar-refractivity contribution in [2.24, 2.45) is 10.7 Å². The molecule has 0 unspecified atom stereocenters. The van der Waals surface area contributed by atoms with E-state index >= 15 is 0 Å². The molecule has 0 aliphatic carbocycles. The van der Waals surface area contributed by atoms with Crippen LogP contribution in [-0.2, 0) is 6.42 Å². The molecule has 0 fully saturated rings.